The summed E-state index contributed by atoms with van der Waals surface area (Å²) in [5.41, 5.74) is 0.658. The summed E-state index contributed by atoms with van der Waals surface area (Å²) in [4.78, 5) is 69.4. The van der Waals surface area contributed by atoms with Crippen molar-refractivity contribution in [2.75, 3.05) is 6.61 Å². The van der Waals surface area contributed by atoms with E-state index >= 15 is 0 Å². The number of hydrogen-bond acceptors (Lipinski definition) is 23. The van der Waals surface area contributed by atoms with Crippen molar-refractivity contribution >= 4 is 66.2 Å². The average Bonchev–Trinajstić information content (AvgIpc) is 1.91. The van der Waals surface area contributed by atoms with Gasteiger partial charge in [-0.1, -0.05) is 39.8 Å². The Labute approximate surface area is 520 Å². The summed E-state index contributed by atoms with van der Waals surface area (Å²) in [5.74, 6) is 1.21. The molecule has 17 aliphatic rings. The van der Waals surface area contributed by atoms with Crippen LogP contribution in [-0.4, -0.2) is 154 Å². The number of rotatable bonds is 12. The number of esters is 6. The van der Waals surface area contributed by atoms with Crippen LogP contribution < -0.4 is 0 Å². The lowest BCUT2D eigenvalue weighted by Crippen LogP contribution is -2.60. The summed E-state index contributed by atoms with van der Waals surface area (Å²) < 4.78 is 123. The van der Waals surface area contributed by atoms with Crippen LogP contribution in [0, 0.1) is 59.2 Å². The van der Waals surface area contributed by atoms with E-state index in [9.17, 15) is 59.1 Å². The molecule has 17 fully saturated rings. The second-order valence-electron chi connectivity index (χ2n) is 28.7. The van der Waals surface area contributed by atoms with Crippen LogP contribution in [0.25, 0.3) is 0 Å². The molecule has 5 saturated heterocycles. The zero-order chi connectivity index (χ0) is 64.6. The summed E-state index contributed by atoms with van der Waals surface area (Å²) >= 11 is 0. The Morgan fingerprint density at radius 1 is 0.472 bits per heavy atom. The summed E-state index contributed by atoms with van der Waals surface area (Å²) in [6.07, 6.45) is 10.4. The van der Waals surface area contributed by atoms with Crippen LogP contribution in [0.4, 0.5) is 0 Å². The van der Waals surface area contributed by atoms with Gasteiger partial charge in [0.25, 0.3) is 30.4 Å². The molecule has 5 aliphatic heterocycles. The van der Waals surface area contributed by atoms with E-state index in [0.29, 0.717) is 66.6 Å². The van der Waals surface area contributed by atoms with E-state index in [2.05, 4.69) is 39.8 Å². The first kappa shape index (κ1) is 65.7. The molecule has 0 radical (unpaired) electrons. The van der Waals surface area contributed by atoms with E-state index in [1.165, 1.54) is 39.5 Å². The number of carbonyl (C=O) groups is 6. The van der Waals surface area contributed by atoms with E-state index in [4.69, 9.17) is 45.7 Å². The van der Waals surface area contributed by atoms with Crippen molar-refractivity contribution in [2.24, 2.45) is 59.2 Å². The van der Waals surface area contributed by atoms with Gasteiger partial charge < -0.3 is 38.3 Å². The minimum absolute atomic E-state index is 0.00284. The van der Waals surface area contributed by atoms with Gasteiger partial charge in [0.05, 0.1) is 22.2 Å². The van der Waals surface area contributed by atoms with Gasteiger partial charge in [-0.2, -0.15) is 25.3 Å². The molecule has 14 bridgehead atoms. The Hall–Kier alpha value is -4.83. The zero-order valence-electron chi connectivity index (χ0n) is 51.3. The lowest BCUT2D eigenvalue weighted by atomic mass is 9.50. The molecule has 0 aromatic rings. The Morgan fingerprint density at radius 2 is 0.921 bits per heavy atom. The topological polar surface area (TPSA) is 317 Å². The molecule has 0 aromatic carbocycles. The lowest BCUT2D eigenvalue weighted by molar-refractivity contribution is -0.217. The quantitative estimate of drug-likeness (QED) is 0.101. The highest BCUT2D eigenvalue weighted by atomic mass is 32.2. The van der Waals surface area contributed by atoms with Gasteiger partial charge in [-0.15, -0.1) is 0 Å². The third-order valence-electron chi connectivity index (χ3n) is 21.8. The Morgan fingerprint density at radius 3 is 1.42 bits per heavy atom. The molecule has 1 N–H and O–H groups in total. The standard InChI is InChI=1S/C15H22O2.C14H20O3.C13H16O7S.C11H14O5S.C10H12O6S/c1-9(2)14(16)17-15-7-11-4-12(8-15)6-13(5-11)10(15)3;1-9(2)12(15)17-14-6-10-3-11(7-14)5-13(16,4-10)8-14;1-6(2)13(15)18-5-10(14)19-11-7-3-8-9(4-7)21(16,17)20-12(8)11;1-5(2)11(12)15-9-6-3-7-8(4-6)17(13,14)16-10(7)9;1-4(2)10(11)15-7-5-3-6-8(14-5)9(7)16-17(6,12)13/h10-13H,1,4-8H2,2-3H3;10-11,16H,1,3-8H2,2H3;7-9,11-12H,1,3-5H2,2H3;6-10H,1,3-4H2,2H3;5-9H,1,3H2,2H3. The van der Waals surface area contributed by atoms with Crippen molar-refractivity contribution in [3.63, 3.8) is 0 Å². The second kappa shape index (κ2) is 23.6. The van der Waals surface area contributed by atoms with Gasteiger partial charge in [-0.05, 0) is 166 Å². The maximum Gasteiger partial charge on any atom is 0.344 e. The molecule has 23 nitrogen and oxygen atoms in total. The Bertz CT molecular complexity index is 3250. The molecule has 20 unspecified atom stereocenters. The normalized spacial score (nSPS) is 44.1. The molecule has 492 valence electrons. The Balaban J connectivity index is 0.000000115. The van der Waals surface area contributed by atoms with E-state index in [1.807, 2.05) is 0 Å². The predicted molar refractivity (Wildman–Crippen MR) is 313 cm³/mol. The first-order chi connectivity index (χ1) is 41.5. The average molecular weight is 1310 g/mol. The third kappa shape index (κ3) is 12.5. The number of fused-ring (bicyclic) bond motifs is 3. The SMILES string of the molecule is C=C(C)C(=O)OC12CC3CC(CC(C3)C1C)C2.C=C(C)C(=O)OC12CC3CC(CC(O)(C3)C1)C2.C=C(C)C(=O)OC1C2CC3C(O2)C1OS3(=O)=O.C=C(C)C(=O)OC1C2CC3C1OS(=O)(=O)C3C2.C=C(C)C(=O)OCC(=O)OC1C2CC3C1OS(=O)(=O)C3C2. The fourth-order valence-electron chi connectivity index (χ4n) is 18.5. The molecule has 5 heterocycles. The first-order valence-corrected chi connectivity index (χ1v) is 35.6. The summed E-state index contributed by atoms with van der Waals surface area (Å²) in [6, 6.07) is 0. The number of hydrogen-bond donors (Lipinski definition) is 1. The predicted octanol–water partition coefficient (Wildman–Crippen LogP) is 6.02. The molecule has 0 aromatic heterocycles. The molecule has 89 heavy (non-hydrogen) atoms. The number of aliphatic hydroxyl groups is 1. The molecule has 26 heteroatoms. The van der Waals surface area contributed by atoms with Gasteiger partial charge in [0, 0.05) is 58.0 Å². The van der Waals surface area contributed by atoms with Crippen molar-refractivity contribution in [3.05, 3.63) is 60.8 Å². The number of carbonyl (C=O) groups excluding carboxylic acids is 6. The maximum atomic E-state index is 11.9. The molecule has 17 rings (SSSR count). The van der Waals surface area contributed by atoms with Crippen LogP contribution in [0.3, 0.4) is 0 Å². The molecule has 0 spiro atoms. The van der Waals surface area contributed by atoms with Crippen LogP contribution >= 0.6 is 0 Å². The zero-order valence-corrected chi connectivity index (χ0v) is 53.8. The van der Waals surface area contributed by atoms with E-state index < -0.39 is 125 Å². The van der Waals surface area contributed by atoms with Crippen LogP contribution in [0.1, 0.15) is 144 Å². The van der Waals surface area contributed by atoms with Gasteiger partial charge in [0.1, 0.15) is 53.1 Å². The summed E-state index contributed by atoms with van der Waals surface area (Å²) in [5, 5.41) is 9.07. The summed E-state index contributed by atoms with van der Waals surface area (Å²) in [7, 11) is -10.5. The second-order valence-corrected chi connectivity index (χ2v) is 34.1. The van der Waals surface area contributed by atoms with E-state index in [-0.39, 0.29) is 63.7 Å². The van der Waals surface area contributed by atoms with E-state index in [0.717, 1.165) is 62.7 Å². The molecular formula is C63H84O23S3. The highest BCUT2D eigenvalue weighted by molar-refractivity contribution is 7.88. The van der Waals surface area contributed by atoms with Gasteiger partial charge in [0.2, 0.25) is 0 Å². The first-order valence-electron chi connectivity index (χ1n) is 31.2. The Kier molecular flexibility index (Phi) is 17.4. The van der Waals surface area contributed by atoms with Crippen molar-refractivity contribution in [3.8, 4) is 0 Å². The fraction of sp³-hybridized carbons (Fsp3) is 0.746. The van der Waals surface area contributed by atoms with Crippen molar-refractivity contribution < 1.29 is 105 Å². The van der Waals surface area contributed by atoms with Gasteiger partial charge in [-0.3, -0.25) is 12.5 Å². The van der Waals surface area contributed by atoms with Crippen LogP contribution in [-0.2, 0) is 105 Å². The maximum absolute atomic E-state index is 11.9. The van der Waals surface area contributed by atoms with Crippen LogP contribution in [0.2, 0.25) is 0 Å². The third-order valence-corrected chi connectivity index (χ3v) is 27.0. The molecule has 12 saturated carbocycles. The molecule has 0 amide bonds. The molecular weight excluding hydrogens is 1220 g/mol. The number of ether oxygens (including phenoxy) is 7. The molecule has 20 atom stereocenters. The van der Waals surface area contributed by atoms with Gasteiger partial charge in [-0.25, -0.2) is 28.8 Å². The fourth-order valence-corrected chi connectivity index (χ4v) is 23.9. The highest BCUT2D eigenvalue weighted by Crippen LogP contribution is 2.62. The summed E-state index contributed by atoms with van der Waals surface area (Å²) in [6.45, 7) is 27.5. The van der Waals surface area contributed by atoms with E-state index in [1.54, 1.807) is 20.8 Å². The van der Waals surface area contributed by atoms with Gasteiger partial charge in [0.15, 0.2) is 12.7 Å². The molecule has 12 aliphatic carbocycles. The largest absolute Gasteiger partial charge is 0.457 e. The minimum Gasteiger partial charge on any atom is -0.457 e. The minimum atomic E-state index is -3.56. The van der Waals surface area contributed by atoms with Crippen molar-refractivity contribution in [1.29, 1.82) is 0 Å². The van der Waals surface area contributed by atoms with Crippen LogP contribution in [0.15, 0.2) is 60.8 Å². The van der Waals surface area contributed by atoms with Crippen molar-refractivity contribution in [2.45, 2.75) is 226 Å². The van der Waals surface area contributed by atoms with Crippen molar-refractivity contribution in [1.82, 2.24) is 0 Å². The highest BCUT2D eigenvalue weighted by Gasteiger charge is 2.69. The lowest BCUT2D eigenvalue weighted by Gasteiger charge is -2.59. The van der Waals surface area contributed by atoms with Gasteiger partial charge >= 0.3 is 35.8 Å². The smallest absolute Gasteiger partial charge is 0.344 e. The van der Waals surface area contributed by atoms with Crippen LogP contribution in [0.5, 0.6) is 0 Å². The monoisotopic (exact) mass is 1300 g/mol.